The van der Waals surface area contributed by atoms with E-state index in [0.717, 1.165) is 6.54 Å². The first-order chi connectivity index (χ1) is 7.06. The summed E-state index contributed by atoms with van der Waals surface area (Å²) in [5.41, 5.74) is 0. The fourth-order valence-corrected chi connectivity index (χ4v) is 0.965. The molecule has 0 spiro atoms. The van der Waals surface area contributed by atoms with Crippen molar-refractivity contribution in [2.75, 3.05) is 39.6 Å². The van der Waals surface area contributed by atoms with E-state index in [-0.39, 0.29) is 24.1 Å². The number of amides is 2. The van der Waals surface area contributed by atoms with Gasteiger partial charge in [-0.3, -0.25) is 9.59 Å². The van der Waals surface area contributed by atoms with Gasteiger partial charge in [-0.05, 0) is 14.1 Å². The van der Waals surface area contributed by atoms with Crippen LogP contribution in [0.2, 0.25) is 0 Å². The number of carbonyl (C=O) groups is 2. The van der Waals surface area contributed by atoms with E-state index in [9.17, 15) is 9.59 Å². The minimum Gasteiger partial charge on any atom is -0.355 e. The van der Waals surface area contributed by atoms with Crippen molar-refractivity contribution in [2.24, 2.45) is 0 Å². The molecule has 0 aliphatic heterocycles. The van der Waals surface area contributed by atoms with Gasteiger partial charge in [0.05, 0.1) is 0 Å². The SMILES string of the molecule is CN(C)CCNC(=O)CCNC(=O)CCl. The largest absolute Gasteiger partial charge is 0.355 e. The van der Waals surface area contributed by atoms with Crippen molar-refractivity contribution in [1.29, 1.82) is 0 Å². The topological polar surface area (TPSA) is 61.4 Å². The number of nitrogens with zero attached hydrogens (tertiary/aromatic N) is 1. The zero-order valence-corrected chi connectivity index (χ0v) is 9.93. The number of carbonyl (C=O) groups excluding carboxylic acids is 2. The molecule has 88 valence electrons. The Morgan fingerprint density at radius 3 is 2.27 bits per heavy atom. The number of likely N-dealkylation sites (N-methyl/N-ethyl adjacent to an activating group) is 1. The molecule has 0 aromatic heterocycles. The third kappa shape index (κ3) is 9.49. The number of rotatable bonds is 7. The highest BCUT2D eigenvalue weighted by atomic mass is 35.5. The summed E-state index contributed by atoms with van der Waals surface area (Å²) in [5, 5.41) is 5.26. The number of hydrogen-bond acceptors (Lipinski definition) is 3. The van der Waals surface area contributed by atoms with Crippen LogP contribution in [0.3, 0.4) is 0 Å². The van der Waals surface area contributed by atoms with Crippen molar-refractivity contribution >= 4 is 23.4 Å². The van der Waals surface area contributed by atoms with Gasteiger partial charge in [-0.2, -0.15) is 0 Å². The lowest BCUT2D eigenvalue weighted by molar-refractivity contribution is -0.121. The van der Waals surface area contributed by atoms with Gasteiger partial charge in [-0.15, -0.1) is 11.6 Å². The van der Waals surface area contributed by atoms with Crippen LogP contribution >= 0.6 is 11.6 Å². The first-order valence-electron chi connectivity index (χ1n) is 4.80. The molecule has 0 saturated heterocycles. The van der Waals surface area contributed by atoms with Gasteiger partial charge in [-0.25, -0.2) is 0 Å². The second kappa shape index (κ2) is 8.49. The van der Waals surface area contributed by atoms with Crippen LogP contribution in [-0.4, -0.2) is 56.3 Å². The third-order valence-electron chi connectivity index (χ3n) is 1.68. The molecule has 0 rings (SSSR count). The fraction of sp³-hybridized carbons (Fsp3) is 0.778. The van der Waals surface area contributed by atoms with Crippen LogP contribution in [-0.2, 0) is 9.59 Å². The Labute approximate surface area is 95.1 Å². The highest BCUT2D eigenvalue weighted by molar-refractivity contribution is 6.27. The van der Waals surface area contributed by atoms with Crippen LogP contribution in [0.5, 0.6) is 0 Å². The molecule has 0 heterocycles. The summed E-state index contributed by atoms with van der Waals surface area (Å²) in [4.78, 5) is 23.9. The molecule has 0 aromatic rings. The Hall–Kier alpha value is -0.810. The smallest absolute Gasteiger partial charge is 0.234 e. The van der Waals surface area contributed by atoms with E-state index in [2.05, 4.69) is 10.6 Å². The van der Waals surface area contributed by atoms with Crippen LogP contribution in [0, 0.1) is 0 Å². The first-order valence-corrected chi connectivity index (χ1v) is 5.33. The summed E-state index contributed by atoms with van der Waals surface area (Å²) in [5.74, 6) is -0.383. The number of hydrogen-bond donors (Lipinski definition) is 2. The molecule has 0 saturated carbocycles. The molecule has 0 radical (unpaired) electrons. The van der Waals surface area contributed by atoms with Crippen LogP contribution in [0.25, 0.3) is 0 Å². The van der Waals surface area contributed by atoms with E-state index in [4.69, 9.17) is 11.6 Å². The van der Waals surface area contributed by atoms with E-state index in [1.165, 1.54) is 0 Å². The van der Waals surface area contributed by atoms with Gasteiger partial charge in [-0.1, -0.05) is 0 Å². The maximum absolute atomic E-state index is 11.2. The van der Waals surface area contributed by atoms with Crippen LogP contribution in [0.1, 0.15) is 6.42 Å². The number of halogens is 1. The molecule has 0 unspecified atom stereocenters. The molecule has 0 atom stereocenters. The maximum atomic E-state index is 11.2. The summed E-state index contributed by atoms with van der Waals surface area (Å²) in [7, 11) is 3.87. The minimum atomic E-state index is -0.252. The average Bonchev–Trinajstić information content (AvgIpc) is 2.17. The Balaban J connectivity index is 3.37. The maximum Gasteiger partial charge on any atom is 0.234 e. The zero-order chi connectivity index (χ0) is 11.7. The number of nitrogens with one attached hydrogen (secondary N) is 2. The summed E-state index contributed by atoms with van der Waals surface area (Å²) >= 11 is 5.27. The fourth-order valence-electron chi connectivity index (χ4n) is 0.870. The van der Waals surface area contributed by atoms with Gasteiger partial charge < -0.3 is 15.5 Å². The third-order valence-corrected chi connectivity index (χ3v) is 1.92. The van der Waals surface area contributed by atoms with Crippen molar-refractivity contribution in [3.63, 3.8) is 0 Å². The van der Waals surface area contributed by atoms with E-state index < -0.39 is 0 Å². The van der Waals surface area contributed by atoms with Crippen molar-refractivity contribution in [3.8, 4) is 0 Å². The van der Waals surface area contributed by atoms with Gasteiger partial charge >= 0.3 is 0 Å². The Morgan fingerprint density at radius 1 is 1.13 bits per heavy atom. The van der Waals surface area contributed by atoms with Crippen molar-refractivity contribution in [1.82, 2.24) is 15.5 Å². The molecule has 0 aliphatic rings. The highest BCUT2D eigenvalue weighted by Gasteiger charge is 2.02. The molecule has 6 heteroatoms. The molecular formula is C9H18ClN3O2. The summed E-state index contributed by atoms with van der Waals surface area (Å²) < 4.78 is 0. The molecule has 15 heavy (non-hydrogen) atoms. The Bertz CT molecular complexity index is 210. The molecule has 0 bridgehead atoms. The Morgan fingerprint density at radius 2 is 1.73 bits per heavy atom. The zero-order valence-electron chi connectivity index (χ0n) is 9.18. The minimum absolute atomic E-state index is 0.0632. The molecule has 0 aliphatic carbocycles. The molecule has 2 amide bonds. The van der Waals surface area contributed by atoms with Crippen LogP contribution in [0.15, 0.2) is 0 Å². The normalized spacial score (nSPS) is 10.1. The molecular weight excluding hydrogens is 218 g/mol. The summed E-state index contributed by atoms with van der Waals surface area (Å²) in [6.07, 6.45) is 0.288. The lowest BCUT2D eigenvalue weighted by Crippen LogP contribution is -2.34. The summed E-state index contributed by atoms with van der Waals surface area (Å²) in [6.45, 7) is 1.76. The van der Waals surface area contributed by atoms with Gasteiger partial charge in [0.2, 0.25) is 11.8 Å². The molecule has 0 fully saturated rings. The second-order valence-electron chi connectivity index (χ2n) is 3.39. The average molecular weight is 236 g/mol. The quantitative estimate of drug-likeness (QED) is 0.580. The van der Waals surface area contributed by atoms with Crippen molar-refractivity contribution < 1.29 is 9.59 Å². The van der Waals surface area contributed by atoms with Crippen LogP contribution < -0.4 is 10.6 Å². The van der Waals surface area contributed by atoms with Gasteiger partial charge in [0.15, 0.2) is 0 Å². The van der Waals surface area contributed by atoms with Gasteiger partial charge in [0, 0.05) is 26.1 Å². The monoisotopic (exact) mass is 235 g/mol. The summed E-state index contributed by atoms with van der Waals surface area (Å²) in [6, 6.07) is 0. The second-order valence-corrected chi connectivity index (χ2v) is 3.65. The van der Waals surface area contributed by atoms with Crippen molar-refractivity contribution in [3.05, 3.63) is 0 Å². The predicted octanol–water partition coefficient (Wildman–Crippen LogP) is -0.591. The van der Waals surface area contributed by atoms with Crippen molar-refractivity contribution in [2.45, 2.75) is 6.42 Å². The van der Waals surface area contributed by atoms with Crippen LogP contribution in [0.4, 0.5) is 0 Å². The van der Waals surface area contributed by atoms with Gasteiger partial charge in [0.1, 0.15) is 5.88 Å². The first kappa shape index (κ1) is 14.2. The van der Waals surface area contributed by atoms with Gasteiger partial charge in [0.25, 0.3) is 0 Å². The number of alkyl halides is 1. The molecule has 0 aromatic carbocycles. The molecule has 5 nitrogen and oxygen atoms in total. The standard InChI is InChI=1S/C9H18ClN3O2/c1-13(2)6-5-12-8(14)3-4-11-9(15)7-10/h3-7H2,1-2H3,(H,11,15)(H,12,14). The molecule has 2 N–H and O–H groups in total. The van der Waals surface area contributed by atoms with E-state index in [1.807, 2.05) is 19.0 Å². The van der Waals surface area contributed by atoms with E-state index in [0.29, 0.717) is 13.1 Å². The Kier molecular flexibility index (Phi) is 8.04. The van der Waals surface area contributed by atoms with E-state index >= 15 is 0 Å². The highest BCUT2D eigenvalue weighted by Crippen LogP contribution is 1.80. The predicted molar refractivity (Wildman–Crippen MR) is 59.9 cm³/mol. The lowest BCUT2D eigenvalue weighted by atomic mass is 10.4. The lowest BCUT2D eigenvalue weighted by Gasteiger charge is -2.10. The van der Waals surface area contributed by atoms with E-state index in [1.54, 1.807) is 0 Å².